The van der Waals surface area contributed by atoms with Gasteiger partial charge in [-0.2, -0.15) is 0 Å². The lowest BCUT2D eigenvalue weighted by molar-refractivity contribution is -0.145. The van der Waals surface area contributed by atoms with E-state index in [0.29, 0.717) is 24.4 Å². The van der Waals surface area contributed by atoms with Crippen LogP contribution in [0.5, 0.6) is 5.75 Å². The van der Waals surface area contributed by atoms with Gasteiger partial charge in [0, 0.05) is 18.3 Å². The van der Waals surface area contributed by atoms with Gasteiger partial charge in [0.05, 0.1) is 6.61 Å². The molecule has 0 bridgehead atoms. The summed E-state index contributed by atoms with van der Waals surface area (Å²) in [5.74, 6) is -0.307. The largest absolute Gasteiger partial charge is 0.482 e. The molecule has 0 radical (unpaired) electrons. The third-order valence-corrected chi connectivity index (χ3v) is 4.20. The predicted molar refractivity (Wildman–Crippen MR) is 108 cm³/mol. The van der Waals surface area contributed by atoms with E-state index in [0.717, 1.165) is 12.8 Å². The zero-order chi connectivity index (χ0) is 21.4. The average molecular weight is 406 g/mol. The van der Waals surface area contributed by atoms with E-state index in [1.807, 2.05) is 0 Å². The number of likely N-dealkylation sites (tertiary alicyclic amines) is 1. The molecule has 0 aliphatic carbocycles. The van der Waals surface area contributed by atoms with Crippen LogP contribution < -0.4 is 10.1 Å². The maximum atomic E-state index is 12.8. The van der Waals surface area contributed by atoms with Crippen molar-refractivity contribution in [3.8, 4) is 5.75 Å². The van der Waals surface area contributed by atoms with Crippen LogP contribution in [0.15, 0.2) is 24.3 Å². The molecule has 1 aliphatic rings. The fourth-order valence-corrected chi connectivity index (χ4v) is 2.98. The number of hydrogen-bond donors (Lipinski definition) is 1. The van der Waals surface area contributed by atoms with Crippen LogP contribution in [0, 0.1) is 0 Å². The molecule has 1 fully saturated rings. The summed E-state index contributed by atoms with van der Waals surface area (Å²) in [6, 6.07) is 6.14. The number of nitrogens with one attached hydrogen (secondary N) is 1. The monoisotopic (exact) mass is 406 g/mol. The van der Waals surface area contributed by atoms with Crippen molar-refractivity contribution in [2.75, 3.05) is 25.1 Å². The number of carbonyl (C=O) groups excluding carboxylic acids is 3. The number of hydrogen-bond acceptors (Lipinski definition) is 6. The third kappa shape index (κ3) is 7.29. The molecule has 1 N–H and O–H groups in total. The average Bonchev–Trinajstić information content (AvgIpc) is 2.65. The maximum Gasteiger partial charge on any atom is 0.410 e. The van der Waals surface area contributed by atoms with E-state index in [-0.39, 0.29) is 19.1 Å². The highest BCUT2D eigenvalue weighted by molar-refractivity contribution is 5.96. The number of benzene rings is 1. The molecule has 8 heteroatoms. The summed E-state index contributed by atoms with van der Waals surface area (Å²) < 4.78 is 15.7. The number of nitrogens with zero attached hydrogens (tertiary/aromatic N) is 1. The standard InChI is InChI=1S/C21H30N2O6/c1-5-27-18(24)14-28-16-10-8-9-15(13-16)22-19(25)17-11-6-7-12-23(17)20(26)29-21(2,3)4/h8-10,13,17H,5-7,11-12,14H2,1-4H3,(H,22,25). The first-order valence-electron chi connectivity index (χ1n) is 9.88. The van der Waals surface area contributed by atoms with Crippen molar-refractivity contribution in [1.29, 1.82) is 0 Å². The molecule has 29 heavy (non-hydrogen) atoms. The van der Waals surface area contributed by atoms with Crippen LogP contribution in [0.1, 0.15) is 47.0 Å². The summed E-state index contributed by atoms with van der Waals surface area (Å²) in [5, 5.41) is 2.83. The van der Waals surface area contributed by atoms with Gasteiger partial charge in [-0.05, 0) is 59.1 Å². The van der Waals surface area contributed by atoms with Crippen LogP contribution >= 0.6 is 0 Å². The maximum absolute atomic E-state index is 12.8. The molecule has 1 aliphatic heterocycles. The summed E-state index contributed by atoms with van der Waals surface area (Å²) in [7, 11) is 0. The van der Waals surface area contributed by atoms with Gasteiger partial charge in [0.2, 0.25) is 5.91 Å². The Balaban J connectivity index is 2.01. The Morgan fingerprint density at radius 3 is 2.66 bits per heavy atom. The first-order valence-corrected chi connectivity index (χ1v) is 9.88. The Hall–Kier alpha value is -2.77. The quantitative estimate of drug-likeness (QED) is 0.728. The highest BCUT2D eigenvalue weighted by Gasteiger charge is 2.34. The molecule has 160 valence electrons. The van der Waals surface area contributed by atoms with Crippen molar-refractivity contribution in [2.45, 2.75) is 58.6 Å². The molecule has 2 rings (SSSR count). The number of ether oxygens (including phenoxy) is 3. The van der Waals surface area contributed by atoms with Gasteiger partial charge >= 0.3 is 12.1 Å². The molecule has 0 saturated carbocycles. The van der Waals surface area contributed by atoms with Crippen LogP contribution in [0.25, 0.3) is 0 Å². The number of piperidine rings is 1. The van der Waals surface area contributed by atoms with Gasteiger partial charge < -0.3 is 19.5 Å². The zero-order valence-electron chi connectivity index (χ0n) is 17.5. The van der Waals surface area contributed by atoms with Gasteiger partial charge in [-0.25, -0.2) is 9.59 Å². The Bertz CT molecular complexity index is 728. The first-order chi connectivity index (χ1) is 13.7. The van der Waals surface area contributed by atoms with Crippen LogP contribution in [0.4, 0.5) is 10.5 Å². The lowest BCUT2D eigenvalue weighted by Gasteiger charge is -2.35. The normalized spacial score (nSPS) is 16.7. The molecule has 1 aromatic rings. The van der Waals surface area contributed by atoms with Crippen LogP contribution in [0.3, 0.4) is 0 Å². The van der Waals surface area contributed by atoms with Gasteiger partial charge in [0.1, 0.15) is 17.4 Å². The van der Waals surface area contributed by atoms with Crippen molar-refractivity contribution < 1.29 is 28.6 Å². The molecular formula is C21H30N2O6. The topological polar surface area (TPSA) is 94.2 Å². The Morgan fingerprint density at radius 2 is 1.97 bits per heavy atom. The van der Waals surface area contributed by atoms with Crippen LogP contribution in [0.2, 0.25) is 0 Å². The lowest BCUT2D eigenvalue weighted by Crippen LogP contribution is -2.51. The fraction of sp³-hybridized carbons (Fsp3) is 0.571. The summed E-state index contributed by atoms with van der Waals surface area (Å²) in [4.78, 5) is 38.2. The summed E-state index contributed by atoms with van der Waals surface area (Å²) >= 11 is 0. The zero-order valence-corrected chi connectivity index (χ0v) is 17.5. The van der Waals surface area contributed by atoms with E-state index in [4.69, 9.17) is 14.2 Å². The summed E-state index contributed by atoms with van der Waals surface area (Å²) in [6.07, 6.45) is 1.79. The second kappa shape index (κ2) is 10.1. The molecule has 0 aromatic heterocycles. The van der Waals surface area contributed by atoms with Gasteiger partial charge in [-0.3, -0.25) is 9.69 Å². The van der Waals surface area contributed by atoms with E-state index in [2.05, 4.69) is 5.32 Å². The number of amides is 2. The number of rotatable bonds is 6. The minimum atomic E-state index is -0.625. The van der Waals surface area contributed by atoms with Gasteiger partial charge in [-0.15, -0.1) is 0 Å². The Kier molecular flexibility index (Phi) is 7.87. The molecule has 1 heterocycles. The van der Waals surface area contributed by atoms with E-state index in [1.54, 1.807) is 52.0 Å². The van der Waals surface area contributed by atoms with Gasteiger partial charge in [0.15, 0.2) is 6.61 Å². The predicted octanol–water partition coefficient (Wildman–Crippen LogP) is 3.36. The van der Waals surface area contributed by atoms with Crippen LogP contribution in [-0.2, 0) is 19.1 Å². The van der Waals surface area contributed by atoms with E-state index < -0.39 is 23.7 Å². The van der Waals surface area contributed by atoms with Crippen molar-refractivity contribution in [1.82, 2.24) is 4.90 Å². The highest BCUT2D eigenvalue weighted by Crippen LogP contribution is 2.23. The SMILES string of the molecule is CCOC(=O)COc1cccc(NC(=O)C2CCCCN2C(=O)OC(C)(C)C)c1. The molecule has 1 saturated heterocycles. The van der Waals surface area contributed by atoms with Gasteiger partial charge in [-0.1, -0.05) is 6.07 Å². The molecule has 2 amide bonds. The second-order valence-corrected chi connectivity index (χ2v) is 7.80. The van der Waals surface area contributed by atoms with Gasteiger partial charge in [0.25, 0.3) is 0 Å². The molecule has 1 unspecified atom stereocenters. The van der Waals surface area contributed by atoms with E-state index in [1.165, 1.54) is 4.90 Å². The molecule has 8 nitrogen and oxygen atoms in total. The Labute approximate surface area is 171 Å². The van der Waals surface area contributed by atoms with E-state index >= 15 is 0 Å². The summed E-state index contributed by atoms with van der Waals surface area (Å²) in [5.41, 5.74) is -0.105. The fourth-order valence-electron chi connectivity index (χ4n) is 2.98. The van der Waals surface area contributed by atoms with Crippen molar-refractivity contribution >= 4 is 23.7 Å². The number of esters is 1. The molecular weight excluding hydrogens is 376 g/mol. The number of carbonyl (C=O) groups is 3. The molecule has 1 atom stereocenters. The minimum absolute atomic E-state index is 0.208. The van der Waals surface area contributed by atoms with Crippen LogP contribution in [-0.4, -0.2) is 54.3 Å². The summed E-state index contributed by atoms with van der Waals surface area (Å²) in [6.45, 7) is 7.67. The minimum Gasteiger partial charge on any atom is -0.482 e. The smallest absolute Gasteiger partial charge is 0.410 e. The first kappa shape index (κ1) is 22.5. The molecule has 1 aromatic carbocycles. The van der Waals surface area contributed by atoms with Crippen molar-refractivity contribution in [3.63, 3.8) is 0 Å². The number of anilines is 1. The Morgan fingerprint density at radius 1 is 1.21 bits per heavy atom. The van der Waals surface area contributed by atoms with Crippen molar-refractivity contribution in [2.24, 2.45) is 0 Å². The van der Waals surface area contributed by atoms with E-state index in [9.17, 15) is 14.4 Å². The lowest BCUT2D eigenvalue weighted by atomic mass is 10.0. The second-order valence-electron chi connectivity index (χ2n) is 7.80. The third-order valence-electron chi connectivity index (χ3n) is 4.20. The molecule has 0 spiro atoms. The highest BCUT2D eigenvalue weighted by atomic mass is 16.6. The van der Waals surface area contributed by atoms with Crippen molar-refractivity contribution in [3.05, 3.63) is 24.3 Å².